The molecule has 0 unspecified atom stereocenters. The number of alkyl carbamates (subject to hydrolysis) is 1. The Morgan fingerprint density at radius 2 is 2.03 bits per heavy atom. The number of aromatic nitrogens is 1. The van der Waals surface area contributed by atoms with Gasteiger partial charge in [-0.25, -0.2) is 14.6 Å². The summed E-state index contributed by atoms with van der Waals surface area (Å²) in [5.41, 5.74) is 2.21. The van der Waals surface area contributed by atoms with Gasteiger partial charge in [-0.2, -0.15) is 0 Å². The standard InChI is InChI=1S/C25H42N4O5/c1-25(2,3)18-34-24(32)28-21(23(30)31)12-15-29(16-17-33-4)14-6-5-9-20-11-10-19-8-7-13-26-22(19)27-20/h10-11,21H,5-9,12-18H2,1-4H3,(H,26,27)(H,28,32)(H,30,31)/t21-/m0/s1. The lowest BCUT2D eigenvalue weighted by Crippen LogP contribution is -2.44. The fourth-order valence-electron chi connectivity index (χ4n) is 3.74. The van der Waals surface area contributed by atoms with Gasteiger partial charge < -0.3 is 30.1 Å². The molecule has 0 saturated carbocycles. The molecule has 3 N–H and O–H groups in total. The first kappa shape index (κ1) is 27.9. The van der Waals surface area contributed by atoms with E-state index in [0.717, 1.165) is 56.7 Å². The number of unbranched alkanes of at least 4 members (excludes halogenated alkanes) is 1. The SMILES string of the molecule is COCCN(CCCCc1ccc2c(n1)NCCC2)CC[C@H](NC(=O)OCC(C)(C)C)C(=O)O. The Morgan fingerprint density at radius 1 is 1.24 bits per heavy atom. The molecule has 1 aromatic heterocycles. The Kier molecular flexibility index (Phi) is 11.6. The fraction of sp³-hybridized carbons (Fsp3) is 0.720. The van der Waals surface area contributed by atoms with Crippen molar-refractivity contribution in [3.8, 4) is 0 Å². The number of aliphatic carboxylic acids is 1. The van der Waals surface area contributed by atoms with Crippen LogP contribution < -0.4 is 10.6 Å². The van der Waals surface area contributed by atoms with Crippen molar-refractivity contribution in [3.63, 3.8) is 0 Å². The minimum Gasteiger partial charge on any atom is -0.480 e. The van der Waals surface area contributed by atoms with E-state index in [9.17, 15) is 14.7 Å². The van der Waals surface area contributed by atoms with E-state index in [-0.39, 0.29) is 12.0 Å². The van der Waals surface area contributed by atoms with E-state index in [1.807, 2.05) is 20.8 Å². The highest BCUT2D eigenvalue weighted by Crippen LogP contribution is 2.20. The van der Waals surface area contributed by atoms with Gasteiger partial charge >= 0.3 is 12.1 Å². The van der Waals surface area contributed by atoms with Crippen LogP contribution in [0, 0.1) is 5.41 Å². The number of amides is 1. The predicted octanol–water partition coefficient (Wildman–Crippen LogP) is 3.33. The maximum Gasteiger partial charge on any atom is 0.407 e. The number of rotatable bonds is 14. The van der Waals surface area contributed by atoms with Gasteiger partial charge in [-0.05, 0) is 62.1 Å². The van der Waals surface area contributed by atoms with Crippen molar-refractivity contribution in [1.29, 1.82) is 0 Å². The molecule has 1 aromatic rings. The molecule has 192 valence electrons. The van der Waals surface area contributed by atoms with Gasteiger partial charge in [0.15, 0.2) is 0 Å². The summed E-state index contributed by atoms with van der Waals surface area (Å²) in [6.45, 7) is 9.69. The number of pyridine rings is 1. The van der Waals surface area contributed by atoms with E-state index in [2.05, 4.69) is 27.7 Å². The van der Waals surface area contributed by atoms with Crippen LogP contribution >= 0.6 is 0 Å². The Labute approximate surface area is 203 Å². The average molecular weight is 479 g/mol. The van der Waals surface area contributed by atoms with E-state index < -0.39 is 18.1 Å². The van der Waals surface area contributed by atoms with Gasteiger partial charge in [0.2, 0.25) is 0 Å². The van der Waals surface area contributed by atoms with Crippen molar-refractivity contribution >= 4 is 17.9 Å². The Morgan fingerprint density at radius 3 is 2.74 bits per heavy atom. The van der Waals surface area contributed by atoms with Crippen LogP contribution in [-0.4, -0.2) is 79.6 Å². The van der Waals surface area contributed by atoms with Crippen molar-refractivity contribution in [3.05, 3.63) is 23.4 Å². The molecule has 1 amide bonds. The third kappa shape index (κ3) is 10.7. The molecule has 0 bridgehead atoms. The number of carboxylic acids is 1. The van der Waals surface area contributed by atoms with E-state index >= 15 is 0 Å². The molecule has 2 rings (SSSR count). The number of anilines is 1. The van der Waals surface area contributed by atoms with Crippen LogP contribution in [0.5, 0.6) is 0 Å². The van der Waals surface area contributed by atoms with Crippen molar-refractivity contribution in [2.45, 2.75) is 65.3 Å². The monoisotopic (exact) mass is 478 g/mol. The fourth-order valence-corrected chi connectivity index (χ4v) is 3.74. The van der Waals surface area contributed by atoms with E-state index in [1.54, 1.807) is 7.11 Å². The lowest BCUT2D eigenvalue weighted by molar-refractivity contribution is -0.139. The number of fused-ring (bicyclic) bond motifs is 1. The van der Waals surface area contributed by atoms with Crippen LogP contribution in [0.2, 0.25) is 0 Å². The van der Waals surface area contributed by atoms with Gasteiger partial charge in [-0.1, -0.05) is 26.8 Å². The average Bonchev–Trinajstić information content (AvgIpc) is 2.80. The molecule has 34 heavy (non-hydrogen) atoms. The molecule has 0 saturated heterocycles. The number of methoxy groups -OCH3 is 1. The third-order valence-electron chi connectivity index (χ3n) is 5.68. The van der Waals surface area contributed by atoms with Gasteiger partial charge in [0.05, 0.1) is 13.2 Å². The van der Waals surface area contributed by atoms with Crippen LogP contribution in [0.1, 0.15) is 57.7 Å². The van der Waals surface area contributed by atoms with Crippen LogP contribution in [0.4, 0.5) is 10.6 Å². The first-order chi connectivity index (χ1) is 16.2. The molecule has 1 aliphatic heterocycles. The summed E-state index contributed by atoms with van der Waals surface area (Å²) in [7, 11) is 1.65. The third-order valence-corrected chi connectivity index (χ3v) is 5.68. The number of nitrogens with one attached hydrogen (secondary N) is 2. The van der Waals surface area contributed by atoms with Crippen molar-refractivity contribution in [2.75, 3.05) is 51.8 Å². The molecule has 0 radical (unpaired) electrons. The van der Waals surface area contributed by atoms with Crippen LogP contribution in [0.3, 0.4) is 0 Å². The van der Waals surface area contributed by atoms with E-state index in [1.165, 1.54) is 5.56 Å². The van der Waals surface area contributed by atoms with Crippen molar-refractivity contribution in [1.82, 2.24) is 15.2 Å². The highest BCUT2D eigenvalue weighted by atomic mass is 16.5. The second-order valence-electron chi connectivity index (χ2n) is 10.1. The molecule has 0 aromatic carbocycles. The molecule has 0 fully saturated rings. The van der Waals surface area contributed by atoms with Gasteiger partial charge in [0.1, 0.15) is 11.9 Å². The molecule has 2 heterocycles. The maximum atomic E-state index is 12.0. The smallest absolute Gasteiger partial charge is 0.407 e. The zero-order chi connectivity index (χ0) is 25.0. The molecule has 1 atom stereocenters. The zero-order valence-electron chi connectivity index (χ0n) is 21.2. The summed E-state index contributed by atoms with van der Waals surface area (Å²) in [6, 6.07) is 3.31. The minimum absolute atomic E-state index is 0.182. The van der Waals surface area contributed by atoms with Gasteiger partial charge in [0.25, 0.3) is 0 Å². The van der Waals surface area contributed by atoms with Crippen molar-refractivity contribution in [2.24, 2.45) is 5.41 Å². The first-order valence-corrected chi connectivity index (χ1v) is 12.3. The summed E-state index contributed by atoms with van der Waals surface area (Å²) in [5.74, 6) is -0.0368. The molecule has 9 heteroatoms. The zero-order valence-corrected chi connectivity index (χ0v) is 21.2. The quantitative estimate of drug-likeness (QED) is 0.349. The summed E-state index contributed by atoms with van der Waals surface area (Å²) in [6.07, 6.45) is 4.71. The first-order valence-electron chi connectivity index (χ1n) is 12.3. The molecule has 0 spiro atoms. The summed E-state index contributed by atoms with van der Waals surface area (Å²) < 4.78 is 10.4. The number of carbonyl (C=O) groups is 2. The number of nitrogens with zero attached hydrogens (tertiary/aromatic N) is 2. The highest BCUT2D eigenvalue weighted by Gasteiger charge is 2.23. The van der Waals surface area contributed by atoms with Gasteiger partial charge in [0, 0.05) is 32.4 Å². The molecule has 0 aliphatic carbocycles. The Balaban J connectivity index is 1.78. The number of hydrogen-bond donors (Lipinski definition) is 3. The highest BCUT2D eigenvalue weighted by molar-refractivity contribution is 5.79. The van der Waals surface area contributed by atoms with Crippen LogP contribution in [0.15, 0.2) is 12.1 Å². The van der Waals surface area contributed by atoms with Gasteiger partial charge in [-0.15, -0.1) is 0 Å². The lowest BCUT2D eigenvalue weighted by atomic mass is 9.99. The normalized spacial score (nSPS) is 14.3. The number of carbonyl (C=O) groups excluding carboxylic acids is 1. The van der Waals surface area contributed by atoms with Crippen LogP contribution in [-0.2, 0) is 27.1 Å². The maximum absolute atomic E-state index is 12.0. The number of ether oxygens (including phenoxy) is 2. The largest absolute Gasteiger partial charge is 0.480 e. The lowest BCUT2D eigenvalue weighted by Gasteiger charge is -2.24. The van der Waals surface area contributed by atoms with Crippen molar-refractivity contribution < 1.29 is 24.2 Å². The molecular formula is C25H42N4O5. The summed E-state index contributed by atoms with van der Waals surface area (Å²) in [4.78, 5) is 30.6. The number of hydrogen-bond acceptors (Lipinski definition) is 7. The van der Waals surface area contributed by atoms with Gasteiger partial charge in [-0.3, -0.25) is 0 Å². The predicted molar refractivity (Wildman–Crippen MR) is 132 cm³/mol. The second-order valence-corrected chi connectivity index (χ2v) is 10.1. The summed E-state index contributed by atoms with van der Waals surface area (Å²) >= 11 is 0. The van der Waals surface area contributed by atoms with E-state index in [4.69, 9.17) is 14.5 Å². The van der Waals surface area contributed by atoms with Crippen LogP contribution in [0.25, 0.3) is 0 Å². The topological polar surface area (TPSA) is 113 Å². The molecule has 1 aliphatic rings. The number of carboxylic acid groups (broad SMARTS) is 1. The molecular weight excluding hydrogens is 436 g/mol. The Bertz CT molecular complexity index is 781. The summed E-state index contributed by atoms with van der Waals surface area (Å²) in [5, 5.41) is 15.4. The molecule has 9 nitrogen and oxygen atoms in total. The number of aryl methyl sites for hydroxylation is 2. The van der Waals surface area contributed by atoms with E-state index in [0.29, 0.717) is 26.1 Å². The second kappa shape index (κ2) is 14.1. The minimum atomic E-state index is -1.06. The Hall–Kier alpha value is -2.39.